The second-order valence-corrected chi connectivity index (χ2v) is 4.22. The normalized spacial score (nSPS) is 12.8. The average molecular weight is 226 g/mol. The summed E-state index contributed by atoms with van der Waals surface area (Å²) in [7, 11) is 3.86. The Morgan fingerprint density at radius 2 is 2.19 bits per heavy atom. The van der Waals surface area contributed by atoms with Crippen molar-refractivity contribution in [3.63, 3.8) is 0 Å². The van der Waals surface area contributed by atoms with Crippen LogP contribution in [0.25, 0.3) is 0 Å². The Labute approximate surface area is 96.9 Å². The standard InChI is InChI=1S/C11H22N4O/c1-5-9-10(12)11(15(4)13-9)14(3)7-6-8(2)16/h8,16H,5-7,12H2,1-4H3. The van der Waals surface area contributed by atoms with Gasteiger partial charge in [-0.15, -0.1) is 0 Å². The van der Waals surface area contributed by atoms with E-state index in [2.05, 4.69) is 5.10 Å². The van der Waals surface area contributed by atoms with Gasteiger partial charge in [-0.1, -0.05) is 6.92 Å². The van der Waals surface area contributed by atoms with Gasteiger partial charge in [-0.05, 0) is 19.8 Å². The molecule has 0 spiro atoms. The quantitative estimate of drug-likeness (QED) is 0.778. The lowest BCUT2D eigenvalue weighted by molar-refractivity contribution is 0.186. The molecule has 0 bridgehead atoms. The first-order chi connectivity index (χ1) is 7.47. The molecule has 0 radical (unpaired) electrons. The number of aliphatic hydroxyl groups excluding tert-OH is 1. The lowest BCUT2D eigenvalue weighted by Crippen LogP contribution is -2.24. The average Bonchev–Trinajstić information content (AvgIpc) is 2.50. The summed E-state index contributed by atoms with van der Waals surface area (Å²) in [5.41, 5.74) is 7.71. The Bertz CT molecular complexity index is 346. The van der Waals surface area contributed by atoms with E-state index in [1.807, 2.05) is 25.9 Å². The number of aliphatic hydroxyl groups is 1. The monoisotopic (exact) mass is 226 g/mol. The molecule has 0 amide bonds. The fourth-order valence-corrected chi connectivity index (χ4v) is 1.79. The summed E-state index contributed by atoms with van der Waals surface area (Å²) in [5.74, 6) is 0.928. The summed E-state index contributed by atoms with van der Waals surface area (Å²) < 4.78 is 1.80. The molecule has 3 N–H and O–H groups in total. The molecule has 0 aliphatic carbocycles. The third kappa shape index (κ3) is 2.66. The summed E-state index contributed by atoms with van der Waals surface area (Å²) >= 11 is 0. The van der Waals surface area contributed by atoms with Crippen LogP contribution in [0, 0.1) is 0 Å². The van der Waals surface area contributed by atoms with Crippen LogP contribution in [-0.4, -0.2) is 34.6 Å². The number of aryl methyl sites for hydroxylation is 2. The van der Waals surface area contributed by atoms with E-state index < -0.39 is 0 Å². The highest BCUT2D eigenvalue weighted by Gasteiger charge is 2.15. The van der Waals surface area contributed by atoms with Crippen LogP contribution in [0.4, 0.5) is 11.5 Å². The van der Waals surface area contributed by atoms with Gasteiger partial charge in [0.15, 0.2) is 0 Å². The third-order valence-corrected chi connectivity index (χ3v) is 2.71. The van der Waals surface area contributed by atoms with Gasteiger partial charge in [-0.3, -0.25) is 4.68 Å². The SMILES string of the molecule is CCc1nn(C)c(N(C)CCC(C)O)c1N. The number of aromatic nitrogens is 2. The highest BCUT2D eigenvalue weighted by molar-refractivity contribution is 5.66. The number of anilines is 2. The second-order valence-electron chi connectivity index (χ2n) is 4.22. The Balaban J connectivity index is 2.82. The highest BCUT2D eigenvalue weighted by atomic mass is 16.3. The fraction of sp³-hybridized carbons (Fsp3) is 0.727. The first kappa shape index (κ1) is 12.8. The maximum atomic E-state index is 9.26. The van der Waals surface area contributed by atoms with E-state index in [1.54, 1.807) is 11.6 Å². The van der Waals surface area contributed by atoms with Gasteiger partial charge in [-0.2, -0.15) is 5.10 Å². The lowest BCUT2D eigenvalue weighted by atomic mass is 10.2. The molecule has 0 aromatic carbocycles. The molecule has 1 unspecified atom stereocenters. The van der Waals surface area contributed by atoms with Crippen molar-refractivity contribution in [2.45, 2.75) is 32.8 Å². The first-order valence-electron chi connectivity index (χ1n) is 5.67. The van der Waals surface area contributed by atoms with Crippen molar-refractivity contribution >= 4 is 11.5 Å². The van der Waals surface area contributed by atoms with Crippen LogP contribution in [0.5, 0.6) is 0 Å². The summed E-state index contributed by atoms with van der Waals surface area (Å²) in [5, 5.41) is 13.6. The number of nitrogens with two attached hydrogens (primary N) is 1. The van der Waals surface area contributed by atoms with Gasteiger partial charge in [-0.25, -0.2) is 0 Å². The maximum absolute atomic E-state index is 9.26. The van der Waals surface area contributed by atoms with Crippen molar-refractivity contribution in [1.82, 2.24) is 9.78 Å². The molecule has 0 aliphatic heterocycles. The molecule has 0 aliphatic rings. The summed E-state index contributed by atoms with van der Waals surface area (Å²) in [4.78, 5) is 2.04. The molecule has 1 heterocycles. The molecule has 92 valence electrons. The predicted molar refractivity (Wildman–Crippen MR) is 66.6 cm³/mol. The van der Waals surface area contributed by atoms with Crippen molar-refractivity contribution in [2.24, 2.45) is 7.05 Å². The third-order valence-electron chi connectivity index (χ3n) is 2.71. The number of rotatable bonds is 5. The number of nitrogens with zero attached hydrogens (tertiary/aromatic N) is 3. The van der Waals surface area contributed by atoms with Crippen LogP contribution in [0.1, 0.15) is 26.0 Å². The topological polar surface area (TPSA) is 67.3 Å². The molecule has 1 aromatic heterocycles. The van der Waals surface area contributed by atoms with E-state index in [-0.39, 0.29) is 6.10 Å². The predicted octanol–water partition coefficient (Wildman–Crippen LogP) is 0.772. The van der Waals surface area contributed by atoms with Gasteiger partial charge in [0.2, 0.25) is 0 Å². The molecule has 0 saturated heterocycles. The molecule has 0 fully saturated rings. The number of hydrogen-bond donors (Lipinski definition) is 2. The van der Waals surface area contributed by atoms with E-state index in [0.29, 0.717) is 0 Å². The number of hydrogen-bond acceptors (Lipinski definition) is 4. The molecule has 1 rings (SSSR count). The van der Waals surface area contributed by atoms with Crippen LogP contribution in [0.15, 0.2) is 0 Å². The summed E-state index contributed by atoms with van der Waals surface area (Å²) in [6.07, 6.45) is 1.27. The van der Waals surface area contributed by atoms with Crippen molar-refractivity contribution in [2.75, 3.05) is 24.2 Å². The lowest BCUT2D eigenvalue weighted by Gasteiger charge is -2.20. The minimum absolute atomic E-state index is 0.289. The van der Waals surface area contributed by atoms with Crippen LogP contribution in [0.3, 0.4) is 0 Å². The zero-order valence-electron chi connectivity index (χ0n) is 10.6. The highest BCUT2D eigenvalue weighted by Crippen LogP contribution is 2.25. The van der Waals surface area contributed by atoms with Gasteiger partial charge in [0.25, 0.3) is 0 Å². The Hall–Kier alpha value is -1.23. The molecular formula is C11H22N4O. The van der Waals surface area contributed by atoms with Gasteiger partial charge < -0.3 is 15.7 Å². The Morgan fingerprint density at radius 3 is 2.62 bits per heavy atom. The molecule has 0 saturated carbocycles. The molecule has 5 nitrogen and oxygen atoms in total. The minimum Gasteiger partial charge on any atom is -0.394 e. The molecule has 1 atom stereocenters. The second kappa shape index (κ2) is 5.21. The van der Waals surface area contributed by atoms with E-state index in [1.165, 1.54) is 0 Å². The first-order valence-corrected chi connectivity index (χ1v) is 5.67. The zero-order valence-corrected chi connectivity index (χ0v) is 10.6. The van der Waals surface area contributed by atoms with Gasteiger partial charge in [0, 0.05) is 20.6 Å². The largest absolute Gasteiger partial charge is 0.394 e. The van der Waals surface area contributed by atoms with E-state index in [4.69, 9.17) is 5.73 Å². The van der Waals surface area contributed by atoms with Crippen molar-refractivity contribution in [3.8, 4) is 0 Å². The van der Waals surface area contributed by atoms with E-state index >= 15 is 0 Å². The minimum atomic E-state index is -0.289. The van der Waals surface area contributed by atoms with Gasteiger partial charge in [0.05, 0.1) is 17.5 Å². The molecule has 16 heavy (non-hydrogen) atoms. The van der Waals surface area contributed by atoms with E-state index in [0.717, 1.165) is 36.6 Å². The smallest absolute Gasteiger partial charge is 0.150 e. The Morgan fingerprint density at radius 1 is 1.56 bits per heavy atom. The van der Waals surface area contributed by atoms with E-state index in [9.17, 15) is 5.11 Å². The zero-order chi connectivity index (χ0) is 12.3. The summed E-state index contributed by atoms with van der Waals surface area (Å²) in [6.45, 7) is 4.60. The summed E-state index contributed by atoms with van der Waals surface area (Å²) in [6, 6.07) is 0. The number of nitrogen functional groups attached to an aromatic ring is 1. The van der Waals surface area contributed by atoms with Crippen molar-refractivity contribution in [3.05, 3.63) is 5.69 Å². The van der Waals surface area contributed by atoms with Crippen molar-refractivity contribution in [1.29, 1.82) is 0 Å². The molecule has 1 aromatic rings. The maximum Gasteiger partial charge on any atom is 0.150 e. The van der Waals surface area contributed by atoms with Crippen LogP contribution >= 0.6 is 0 Å². The van der Waals surface area contributed by atoms with Gasteiger partial charge >= 0.3 is 0 Å². The van der Waals surface area contributed by atoms with Crippen LogP contribution in [-0.2, 0) is 13.5 Å². The molecule has 5 heteroatoms. The van der Waals surface area contributed by atoms with Crippen LogP contribution < -0.4 is 10.6 Å². The van der Waals surface area contributed by atoms with Crippen LogP contribution in [0.2, 0.25) is 0 Å². The van der Waals surface area contributed by atoms with Crippen molar-refractivity contribution < 1.29 is 5.11 Å². The van der Waals surface area contributed by atoms with Gasteiger partial charge in [0.1, 0.15) is 5.82 Å². The fourth-order valence-electron chi connectivity index (χ4n) is 1.79. The Kier molecular flexibility index (Phi) is 4.18. The molecular weight excluding hydrogens is 204 g/mol.